The van der Waals surface area contributed by atoms with E-state index >= 15 is 0 Å². The Hall–Kier alpha value is -3.38. The molecule has 0 bridgehead atoms. The summed E-state index contributed by atoms with van der Waals surface area (Å²) in [4.78, 5) is 30.9. The number of nitrogens with zero attached hydrogens (tertiary/aromatic N) is 1. The van der Waals surface area contributed by atoms with Gasteiger partial charge in [-0.15, -0.1) is 0 Å². The lowest BCUT2D eigenvalue weighted by molar-refractivity contribution is 0.0923. The molecule has 2 N–H and O–H groups in total. The number of carbonyl (C=O) groups is 1. The van der Waals surface area contributed by atoms with Crippen LogP contribution >= 0.6 is 0 Å². The van der Waals surface area contributed by atoms with E-state index in [2.05, 4.69) is 15.2 Å². The molecule has 1 amide bonds. The van der Waals surface area contributed by atoms with Gasteiger partial charge in [0.2, 0.25) is 0 Å². The van der Waals surface area contributed by atoms with Gasteiger partial charge in [0.15, 0.2) is 0 Å². The fraction of sp³-hybridized carbons (Fsp3) is 0.333. The molecule has 6 heteroatoms. The number of carbonyl (C=O) groups excluding carboxylic acids is 1. The van der Waals surface area contributed by atoms with E-state index < -0.39 is 0 Å². The molecule has 1 aromatic heterocycles. The lowest BCUT2D eigenvalue weighted by atomic mass is 10.0. The van der Waals surface area contributed by atoms with Crippen LogP contribution in [0.2, 0.25) is 0 Å². The van der Waals surface area contributed by atoms with E-state index in [0.29, 0.717) is 12.2 Å². The maximum absolute atomic E-state index is 12.9. The Bertz CT molecular complexity index is 1150. The Morgan fingerprint density at radius 3 is 2.48 bits per heavy atom. The normalized spacial score (nSPS) is 15.1. The third-order valence-corrected chi connectivity index (χ3v) is 6.27. The predicted molar refractivity (Wildman–Crippen MR) is 131 cm³/mol. The van der Waals surface area contributed by atoms with Gasteiger partial charge in [0.1, 0.15) is 11.3 Å². The summed E-state index contributed by atoms with van der Waals surface area (Å²) in [5, 5.41) is 3.00. The van der Waals surface area contributed by atoms with Crippen molar-refractivity contribution in [1.29, 1.82) is 0 Å². The SMILES string of the molecule is COc1ccc([C@H](CNC(=O)c2ccc(-c3cccc(C)c3)[nH]c2=O)N2CCCCC2)cc1. The third kappa shape index (κ3) is 5.52. The van der Waals surface area contributed by atoms with Gasteiger partial charge >= 0.3 is 0 Å². The molecule has 172 valence electrons. The molecule has 3 aromatic rings. The molecule has 4 rings (SSSR count). The zero-order chi connectivity index (χ0) is 23.2. The van der Waals surface area contributed by atoms with Crippen molar-refractivity contribution in [3.8, 4) is 17.0 Å². The van der Waals surface area contributed by atoms with Gasteiger partial charge in [-0.25, -0.2) is 0 Å². The van der Waals surface area contributed by atoms with E-state index in [1.807, 2.05) is 55.5 Å². The fourth-order valence-corrected chi connectivity index (χ4v) is 4.43. The van der Waals surface area contributed by atoms with Crippen molar-refractivity contribution in [3.05, 3.63) is 87.7 Å². The number of piperidine rings is 1. The number of pyridine rings is 1. The average Bonchev–Trinajstić information content (AvgIpc) is 2.85. The number of aromatic amines is 1. The molecule has 0 spiro atoms. The average molecular weight is 446 g/mol. The first-order chi connectivity index (χ1) is 16.0. The number of rotatable bonds is 7. The van der Waals surface area contributed by atoms with Gasteiger partial charge in [-0.2, -0.15) is 0 Å². The Labute approximate surface area is 194 Å². The van der Waals surface area contributed by atoms with Crippen LogP contribution in [0.15, 0.2) is 65.5 Å². The first-order valence-electron chi connectivity index (χ1n) is 11.5. The number of H-pyrrole nitrogens is 1. The van der Waals surface area contributed by atoms with Gasteiger partial charge in [0, 0.05) is 12.2 Å². The maximum atomic E-state index is 12.9. The highest BCUT2D eigenvalue weighted by Gasteiger charge is 2.23. The highest BCUT2D eigenvalue weighted by Crippen LogP contribution is 2.26. The smallest absolute Gasteiger partial charge is 0.261 e. The van der Waals surface area contributed by atoms with Crippen molar-refractivity contribution in [1.82, 2.24) is 15.2 Å². The molecule has 2 heterocycles. The first-order valence-corrected chi connectivity index (χ1v) is 11.5. The highest BCUT2D eigenvalue weighted by atomic mass is 16.5. The lowest BCUT2D eigenvalue weighted by Gasteiger charge is -2.35. The number of ether oxygens (including phenoxy) is 1. The van der Waals surface area contributed by atoms with E-state index in [-0.39, 0.29) is 23.1 Å². The number of nitrogens with one attached hydrogen (secondary N) is 2. The first kappa shape index (κ1) is 22.8. The molecular weight excluding hydrogens is 414 g/mol. The number of amides is 1. The van der Waals surface area contributed by atoms with Crippen LogP contribution in [0.1, 0.15) is 46.8 Å². The number of hydrogen-bond donors (Lipinski definition) is 2. The summed E-state index contributed by atoms with van der Waals surface area (Å²) in [7, 11) is 1.65. The molecule has 1 atom stereocenters. The minimum Gasteiger partial charge on any atom is -0.497 e. The van der Waals surface area contributed by atoms with Crippen LogP contribution in [0.25, 0.3) is 11.3 Å². The summed E-state index contributed by atoms with van der Waals surface area (Å²) >= 11 is 0. The molecule has 0 radical (unpaired) electrons. The second-order valence-corrected chi connectivity index (χ2v) is 8.58. The highest BCUT2D eigenvalue weighted by molar-refractivity contribution is 5.94. The number of aryl methyl sites for hydroxylation is 1. The van der Waals surface area contributed by atoms with Crippen LogP contribution in [0.3, 0.4) is 0 Å². The van der Waals surface area contributed by atoms with Crippen molar-refractivity contribution in [2.75, 3.05) is 26.7 Å². The molecule has 2 aromatic carbocycles. The predicted octanol–water partition coefficient (Wildman–Crippen LogP) is 4.32. The Balaban J connectivity index is 1.50. The standard InChI is InChI=1S/C27H31N3O3/c1-19-7-6-8-21(17-19)24-14-13-23(27(32)29-24)26(31)28-18-25(30-15-4-3-5-16-30)20-9-11-22(33-2)12-10-20/h6-14,17,25H,3-5,15-16,18H2,1-2H3,(H,28,31)(H,29,32)/t25-/m0/s1. The van der Waals surface area contributed by atoms with Gasteiger partial charge in [0.05, 0.1) is 13.2 Å². The van der Waals surface area contributed by atoms with Crippen LogP contribution < -0.4 is 15.6 Å². The lowest BCUT2D eigenvalue weighted by Crippen LogP contribution is -2.41. The van der Waals surface area contributed by atoms with Crippen molar-refractivity contribution >= 4 is 5.91 Å². The van der Waals surface area contributed by atoms with E-state index in [4.69, 9.17) is 4.74 Å². The third-order valence-electron chi connectivity index (χ3n) is 6.27. The summed E-state index contributed by atoms with van der Waals surface area (Å²) in [6.07, 6.45) is 3.54. The van der Waals surface area contributed by atoms with Gasteiger partial charge < -0.3 is 15.0 Å². The van der Waals surface area contributed by atoms with Crippen molar-refractivity contribution in [2.24, 2.45) is 0 Å². The van der Waals surface area contributed by atoms with Crippen molar-refractivity contribution in [2.45, 2.75) is 32.2 Å². The number of likely N-dealkylation sites (tertiary alicyclic amines) is 1. The van der Waals surface area contributed by atoms with Gasteiger partial charge in [-0.3, -0.25) is 14.5 Å². The molecule has 1 fully saturated rings. The number of methoxy groups -OCH3 is 1. The van der Waals surface area contributed by atoms with Gasteiger partial charge in [-0.1, -0.05) is 42.3 Å². The monoisotopic (exact) mass is 445 g/mol. The summed E-state index contributed by atoms with van der Waals surface area (Å²) in [5.41, 5.74) is 3.59. The molecule has 0 aliphatic carbocycles. The van der Waals surface area contributed by atoms with Gasteiger partial charge in [0.25, 0.3) is 11.5 Å². The summed E-state index contributed by atoms with van der Waals surface area (Å²) in [6.45, 7) is 4.44. The van der Waals surface area contributed by atoms with E-state index in [9.17, 15) is 9.59 Å². The van der Waals surface area contributed by atoms with E-state index in [0.717, 1.165) is 48.4 Å². The van der Waals surface area contributed by atoms with Crippen molar-refractivity contribution in [3.63, 3.8) is 0 Å². The van der Waals surface area contributed by atoms with Crippen molar-refractivity contribution < 1.29 is 9.53 Å². The molecule has 33 heavy (non-hydrogen) atoms. The molecular formula is C27H31N3O3. The fourth-order valence-electron chi connectivity index (χ4n) is 4.43. The van der Waals surface area contributed by atoms with Gasteiger partial charge in [-0.05, 0) is 74.3 Å². The minimum atomic E-state index is -0.384. The Morgan fingerprint density at radius 2 is 1.82 bits per heavy atom. The zero-order valence-electron chi connectivity index (χ0n) is 19.3. The zero-order valence-corrected chi connectivity index (χ0v) is 19.3. The molecule has 0 unspecified atom stereocenters. The topological polar surface area (TPSA) is 74.4 Å². The van der Waals surface area contributed by atoms with E-state index in [1.165, 1.54) is 6.42 Å². The van der Waals surface area contributed by atoms with E-state index in [1.54, 1.807) is 19.2 Å². The summed E-state index contributed by atoms with van der Waals surface area (Å²) in [6, 6.07) is 19.3. The number of hydrogen-bond acceptors (Lipinski definition) is 4. The minimum absolute atomic E-state index is 0.0470. The molecule has 1 saturated heterocycles. The number of benzene rings is 2. The molecule has 6 nitrogen and oxygen atoms in total. The summed E-state index contributed by atoms with van der Waals surface area (Å²) < 4.78 is 5.29. The maximum Gasteiger partial charge on any atom is 0.261 e. The van der Waals surface area contributed by atoms with Crippen LogP contribution in [0, 0.1) is 6.92 Å². The molecule has 1 aliphatic heterocycles. The molecule has 0 saturated carbocycles. The van der Waals surface area contributed by atoms with Crippen LogP contribution in [-0.2, 0) is 0 Å². The second kappa shape index (κ2) is 10.5. The summed E-state index contributed by atoms with van der Waals surface area (Å²) in [5.74, 6) is 0.447. The number of aromatic nitrogens is 1. The van der Waals surface area contributed by atoms with Crippen LogP contribution in [0.4, 0.5) is 0 Å². The Kier molecular flexibility index (Phi) is 7.25. The quantitative estimate of drug-likeness (QED) is 0.568. The Morgan fingerprint density at radius 1 is 1.06 bits per heavy atom. The van der Waals surface area contributed by atoms with Crippen LogP contribution in [-0.4, -0.2) is 42.5 Å². The second-order valence-electron chi connectivity index (χ2n) is 8.58. The largest absolute Gasteiger partial charge is 0.497 e. The van der Waals surface area contributed by atoms with Crippen LogP contribution in [0.5, 0.6) is 5.75 Å². The molecule has 1 aliphatic rings.